The van der Waals surface area contributed by atoms with Crippen molar-refractivity contribution in [2.24, 2.45) is 4.99 Å². The molecule has 1 amide bonds. The van der Waals surface area contributed by atoms with Crippen LogP contribution in [-0.2, 0) is 13.0 Å². The van der Waals surface area contributed by atoms with Crippen molar-refractivity contribution >= 4 is 22.9 Å². The minimum atomic E-state index is -0.0698. The van der Waals surface area contributed by atoms with Crippen LogP contribution in [0.25, 0.3) is 11.0 Å². The van der Waals surface area contributed by atoms with Crippen molar-refractivity contribution in [2.75, 3.05) is 27.2 Å². The molecule has 0 unspecified atom stereocenters. The number of rotatable bonds is 7. The van der Waals surface area contributed by atoms with Gasteiger partial charge in [0.25, 0.3) is 5.91 Å². The second-order valence-corrected chi connectivity index (χ2v) is 6.75. The van der Waals surface area contributed by atoms with Gasteiger partial charge in [0, 0.05) is 39.3 Å². The Morgan fingerprint density at radius 1 is 1.10 bits per heavy atom. The molecule has 1 aromatic heterocycles. The van der Waals surface area contributed by atoms with Gasteiger partial charge in [-0.2, -0.15) is 0 Å². The van der Waals surface area contributed by atoms with Gasteiger partial charge in [0.1, 0.15) is 5.82 Å². The van der Waals surface area contributed by atoms with Gasteiger partial charge in [-0.15, -0.1) is 0 Å². The Labute approximate surface area is 171 Å². The van der Waals surface area contributed by atoms with Gasteiger partial charge in [-0.05, 0) is 43.2 Å². The van der Waals surface area contributed by atoms with Gasteiger partial charge in [0.2, 0.25) is 0 Å². The molecule has 0 saturated heterocycles. The number of nitrogens with one attached hydrogen (secondary N) is 3. The van der Waals surface area contributed by atoms with E-state index in [9.17, 15) is 4.79 Å². The van der Waals surface area contributed by atoms with Crippen molar-refractivity contribution in [3.8, 4) is 0 Å². The van der Waals surface area contributed by atoms with Crippen molar-refractivity contribution in [3.05, 3.63) is 65.5 Å². The van der Waals surface area contributed by atoms with E-state index in [0.29, 0.717) is 5.56 Å². The second kappa shape index (κ2) is 9.73. The first-order chi connectivity index (χ1) is 14.1. The quantitative estimate of drug-likeness (QED) is 0.425. The van der Waals surface area contributed by atoms with Crippen LogP contribution in [0.15, 0.2) is 53.5 Å². The SMILES string of the molecule is CN=C(NCCc1cccc(C(=O)NC)c1)NCCn1c(C)nc2ccccc21. The molecule has 0 atom stereocenters. The van der Waals surface area contributed by atoms with Gasteiger partial charge >= 0.3 is 0 Å². The average Bonchev–Trinajstić information content (AvgIpc) is 3.07. The fourth-order valence-corrected chi connectivity index (χ4v) is 3.32. The number of nitrogens with zero attached hydrogens (tertiary/aromatic N) is 3. The Balaban J connectivity index is 1.49. The summed E-state index contributed by atoms with van der Waals surface area (Å²) >= 11 is 0. The molecule has 0 saturated carbocycles. The molecular formula is C22H28N6O. The molecule has 3 aromatic rings. The van der Waals surface area contributed by atoms with Gasteiger partial charge in [-0.25, -0.2) is 4.98 Å². The lowest BCUT2D eigenvalue weighted by molar-refractivity contribution is 0.0963. The molecule has 7 nitrogen and oxygen atoms in total. The molecule has 0 fully saturated rings. The summed E-state index contributed by atoms with van der Waals surface area (Å²) in [5.41, 5.74) is 3.95. The number of hydrogen-bond donors (Lipinski definition) is 3. The second-order valence-electron chi connectivity index (χ2n) is 6.75. The summed E-state index contributed by atoms with van der Waals surface area (Å²) < 4.78 is 2.21. The highest BCUT2D eigenvalue weighted by Gasteiger charge is 2.07. The number of carbonyl (C=O) groups excluding carboxylic acids is 1. The number of carbonyl (C=O) groups is 1. The maximum Gasteiger partial charge on any atom is 0.251 e. The number of amides is 1. The topological polar surface area (TPSA) is 83.3 Å². The Bertz CT molecular complexity index is 1010. The smallest absolute Gasteiger partial charge is 0.251 e. The number of fused-ring (bicyclic) bond motifs is 1. The summed E-state index contributed by atoms with van der Waals surface area (Å²) in [5.74, 6) is 1.70. The van der Waals surface area contributed by atoms with Gasteiger partial charge in [-0.3, -0.25) is 9.79 Å². The van der Waals surface area contributed by atoms with E-state index in [-0.39, 0.29) is 5.91 Å². The fourth-order valence-electron chi connectivity index (χ4n) is 3.32. The maximum absolute atomic E-state index is 11.8. The van der Waals surface area contributed by atoms with E-state index in [1.165, 1.54) is 0 Å². The van der Waals surface area contributed by atoms with Crippen LogP contribution in [0, 0.1) is 6.92 Å². The number of aromatic nitrogens is 2. The molecule has 7 heteroatoms. The first-order valence-electron chi connectivity index (χ1n) is 9.79. The molecule has 152 valence electrons. The maximum atomic E-state index is 11.8. The number of imidazole rings is 1. The highest BCUT2D eigenvalue weighted by molar-refractivity contribution is 5.94. The largest absolute Gasteiger partial charge is 0.356 e. The van der Waals surface area contributed by atoms with Crippen molar-refractivity contribution in [3.63, 3.8) is 0 Å². The molecule has 0 radical (unpaired) electrons. The lowest BCUT2D eigenvalue weighted by atomic mass is 10.1. The third-order valence-electron chi connectivity index (χ3n) is 4.82. The zero-order valence-electron chi connectivity index (χ0n) is 17.2. The lowest BCUT2D eigenvalue weighted by Gasteiger charge is -2.13. The molecule has 29 heavy (non-hydrogen) atoms. The monoisotopic (exact) mass is 392 g/mol. The van der Waals surface area contributed by atoms with Crippen molar-refractivity contribution < 1.29 is 4.79 Å². The lowest BCUT2D eigenvalue weighted by Crippen LogP contribution is -2.39. The fraction of sp³-hybridized carbons (Fsp3) is 0.318. The van der Waals surface area contributed by atoms with E-state index in [1.54, 1.807) is 14.1 Å². The van der Waals surface area contributed by atoms with Crippen molar-refractivity contribution in [1.82, 2.24) is 25.5 Å². The minimum Gasteiger partial charge on any atom is -0.356 e. The number of aliphatic imine (C=N–C) groups is 1. The summed E-state index contributed by atoms with van der Waals surface area (Å²) in [6.45, 7) is 4.30. The Morgan fingerprint density at radius 2 is 1.90 bits per heavy atom. The molecule has 0 aliphatic rings. The van der Waals surface area contributed by atoms with Gasteiger partial charge < -0.3 is 20.5 Å². The van der Waals surface area contributed by atoms with E-state index in [0.717, 1.165) is 54.4 Å². The molecule has 0 bridgehead atoms. The summed E-state index contributed by atoms with van der Waals surface area (Å²) in [6.07, 6.45) is 0.802. The molecule has 3 rings (SSSR count). The molecular weight excluding hydrogens is 364 g/mol. The van der Waals surface area contributed by atoms with Crippen LogP contribution >= 0.6 is 0 Å². The number of aryl methyl sites for hydroxylation is 1. The van der Waals surface area contributed by atoms with Crippen LogP contribution in [0.4, 0.5) is 0 Å². The van der Waals surface area contributed by atoms with Gasteiger partial charge in [0.05, 0.1) is 11.0 Å². The van der Waals surface area contributed by atoms with Crippen LogP contribution in [-0.4, -0.2) is 48.6 Å². The number of para-hydroxylation sites is 2. The van der Waals surface area contributed by atoms with E-state index >= 15 is 0 Å². The third kappa shape index (κ3) is 5.13. The molecule has 0 aliphatic carbocycles. The van der Waals surface area contributed by atoms with E-state index < -0.39 is 0 Å². The molecule has 0 spiro atoms. The first-order valence-corrected chi connectivity index (χ1v) is 9.79. The molecule has 1 heterocycles. The van der Waals surface area contributed by atoms with Crippen molar-refractivity contribution in [1.29, 1.82) is 0 Å². The van der Waals surface area contributed by atoms with Crippen molar-refractivity contribution in [2.45, 2.75) is 19.9 Å². The van der Waals surface area contributed by atoms with Crippen LogP contribution in [0.2, 0.25) is 0 Å². The molecule has 2 aromatic carbocycles. The predicted molar refractivity (Wildman–Crippen MR) is 117 cm³/mol. The number of hydrogen-bond acceptors (Lipinski definition) is 3. The summed E-state index contributed by atoms with van der Waals surface area (Å²) in [5, 5.41) is 9.33. The van der Waals surface area contributed by atoms with Crippen LogP contribution in [0.3, 0.4) is 0 Å². The standard InChI is InChI=1S/C22H28N6O/c1-16-27-19-9-4-5-10-20(19)28(16)14-13-26-22(24-3)25-12-11-17-7-6-8-18(15-17)21(29)23-2/h4-10,15H,11-14H2,1-3H3,(H,23,29)(H2,24,25,26). The van der Waals surface area contributed by atoms with Gasteiger partial charge in [-0.1, -0.05) is 24.3 Å². The van der Waals surface area contributed by atoms with Crippen LogP contribution in [0.5, 0.6) is 0 Å². The highest BCUT2D eigenvalue weighted by atomic mass is 16.1. The summed E-state index contributed by atoms with van der Waals surface area (Å²) in [7, 11) is 3.40. The normalized spacial score (nSPS) is 11.5. The average molecular weight is 393 g/mol. The van der Waals surface area contributed by atoms with E-state index in [1.807, 2.05) is 49.4 Å². The Hall–Kier alpha value is -3.35. The Kier molecular flexibility index (Phi) is 6.84. The summed E-state index contributed by atoms with van der Waals surface area (Å²) in [6, 6.07) is 15.8. The van der Waals surface area contributed by atoms with Gasteiger partial charge in [0.15, 0.2) is 5.96 Å². The van der Waals surface area contributed by atoms with Crippen LogP contribution < -0.4 is 16.0 Å². The van der Waals surface area contributed by atoms with Crippen LogP contribution in [0.1, 0.15) is 21.7 Å². The zero-order valence-corrected chi connectivity index (χ0v) is 17.2. The first kappa shape index (κ1) is 20.4. The highest BCUT2D eigenvalue weighted by Crippen LogP contribution is 2.14. The minimum absolute atomic E-state index is 0.0698. The van der Waals surface area contributed by atoms with E-state index in [4.69, 9.17) is 0 Å². The number of guanidine groups is 1. The number of benzene rings is 2. The zero-order chi connectivity index (χ0) is 20.6. The predicted octanol–water partition coefficient (Wildman–Crippen LogP) is 2.11. The third-order valence-corrected chi connectivity index (χ3v) is 4.82. The van der Waals surface area contributed by atoms with E-state index in [2.05, 4.69) is 36.6 Å². The summed E-state index contributed by atoms with van der Waals surface area (Å²) in [4.78, 5) is 20.6. The molecule has 0 aliphatic heterocycles. The Morgan fingerprint density at radius 3 is 2.69 bits per heavy atom. The molecule has 3 N–H and O–H groups in total.